The Hall–Kier alpha value is -2.31. The van der Waals surface area contributed by atoms with E-state index in [1.165, 1.54) is 18.1 Å². The summed E-state index contributed by atoms with van der Waals surface area (Å²) in [5.74, 6) is 0.519. The Morgan fingerprint density at radius 2 is 2.12 bits per heavy atom. The maximum Gasteiger partial charge on any atom is 0.252 e. The van der Waals surface area contributed by atoms with E-state index in [4.69, 9.17) is 11.6 Å². The third-order valence-electron chi connectivity index (χ3n) is 3.72. The highest BCUT2D eigenvalue weighted by atomic mass is 35.5. The fourth-order valence-electron chi connectivity index (χ4n) is 2.41. The molecule has 0 aliphatic heterocycles. The van der Waals surface area contributed by atoms with Crippen LogP contribution >= 0.6 is 23.4 Å². The minimum Gasteiger partial charge on any atom is -0.346 e. The standard InChI is InChI=1S/C18H17ClN4OS/c1-12(13-6-4-7-15(19)9-13)22-17(24)16-8-3-2-5-14(16)10-25-18-20-11-21-23-18/h2-9,11-12H,10H2,1H3,(H,22,24)(H,20,21,23). The molecule has 1 atom stereocenters. The average molecular weight is 373 g/mol. The molecule has 0 aliphatic rings. The summed E-state index contributed by atoms with van der Waals surface area (Å²) in [6.45, 7) is 1.94. The van der Waals surface area contributed by atoms with Gasteiger partial charge in [-0.05, 0) is 36.2 Å². The van der Waals surface area contributed by atoms with Gasteiger partial charge in [-0.1, -0.05) is 53.7 Å². The first-order valence-electron chi connectivity index (χ1n) is 7.76. The number of rotatable bonds is 6. The van der Waals surface area contributed by atoms with Gasteiger partial charge >= 0.3 is 0 Å². The summed E-state index contributed by atoms with van der Waals surface area (Å²) >= 11 is 7.53. The van der Waals surface area contributed by atoms with Crippen LogP contribution in [0.1, 0.15) is 34.5 Å². The van der Waals surface area contributed by atoms with Crippen LogP contribution in [0.5, 0.6) is 0 Å². The van der Waals surface area contributed by atoms with Gasteiger partial charge in [0.05, 0.1) is 6.04 Å². The van der Waals surface area contributed by atoms with Crippen LogP contribution in [-0.4, -0.2) is 21.1 Å². The first kappa shape index (κ1) is 17.5. The molecule has 3 rings (SSSR count). The smallest absolute Gasteiger partial charge is 0.252 e. The summed E-state index contributed by atoms with van der Waals surface area (Å²) in [6.07, 6.45) is 1.47. The van der Waals surface area contributed by atoms with Crippen LogP contribution in [0.3, 0.4) is 0 Å². The topological polar surface area (TPSA) is 70.7 Å². The Morgan fingerprint density at radius 1 is 1.28 bits per heavy atom. The lowest BCUT2D eigenvalue weighted by Crippen LogP contribution is -2.27. The molecule has 3 aromatic rings. The van der Waals surface area contributed by atoms with E-state index in [1.807, 2.05) is 55.5 Å². The molecule has 0 bridgehead atoms. The van der Waals surface area contributed by atoms with Crippen molar-refractivity contribution in [2.45, 2.75) is 23.9 Å². The van der Waals surface area contributed by atoms with Crippen molar-refractivity contribution in [1.29, 1.82) is 0 Å². The summed E-state index contributed by atoms with van der Waals surface area (Å²) in [5, 5.41) is 11.0. The number of aromatic nitrogens is 3. The summed E-state index contributed by atoms with van der Waals surface area (Å²) in [6, 6.07) is 14.9. The molecule has 25 heavy (non-hydrogen) atoms. The number of hydrogen-bond acceptors (Lipinski definition) is 4. The molecule has 1 aromatic heterocycles. The van der Waals surface area contributed by atoms with Gasteiger partial charge in [0.25, 0.3) is 5.91 Å². The second kappa shape index (κ2) is 8.18. The zero-order valence-electron chi connectivity index (χ0n) is 13.6. The number of carbonyl (C=O) groups excluding carboxylic acids is 1. The Labute approximate surface area is 155 Å². The highest BCUT2D eigenvalue weighted by Crippen LogP contribution is 2.22. The molecule has 0 saturated heterocycles. The normalized spacial score (nSPS) is 11.9. The number of thioether (sulfide) groups is 1. The molecule has 7 heteroatoms. The van der Waals surface area contributed by atoms with Crippen LogP contribution in [0.15, 0.2) is 60.0 Å². The van der Waals surface area contributed by atoms with E-state index in [-0.39, 0.29) is 11.9 Å². The minimum atomic E-state index is -0.138. The fourth-order valence-corrected chi connectivity index (χ4v) is 3.39. The number of amides is 1. The number of halogens is 1. The van der Waals surface area contributed by atoms with Gasteiger partial charge in [0, 0.05) is 16.3 Å². The van der Waals surface area contributed by atoms with E-state index in [0.29, 0.717) is 16.3 Å². The molecular formula is C18H17ClN4OS. The molecule has 128 valence electrons. The average Bonchev–Trinajstić information content (AvgIpc) is 3.13. The summed E-state index contributed by atoms with van der Waals surface area (Å²) in [4.78, 5) is 16.8. The van der Waals surface area contributed by atoms with Gasteiger partial charge in [-0.2, -0.15) is 5.10 Å². The summed E-state index contributed by atoms with van der Waals surface area (Å²) in [5.41, 5.74) is 2.57. The van der Waals surface area contributed by atoms with Gasteiger partial charge in [0.2, 0.25) is 0 Å². The van der Waals surface area contributed by atoms with Gasteiger partial charge in [0.15, 0.2) is 5.16 Å². The molecule has 1 heterocycles. The molecule has 1 unspecified atom stereocenters. The van der Waals surface area contributed by atoms with Crippen molar-refractivity contribution >= 4 is 29.3 Å². The quantitative estimate of drug-likeness (QED) is 0.635. The van der Waals surface area contributed by atoms with Crippen LogP contribution in [0, 0.1) is 0 Å². The van der Waals surface area contributed by atoms with Gasteiger partial charge in [-0.3, -0.25) is 9.89 Å². The SMILES string of the molecule is CC(NC(=O)c1ccccc1CSc1ncn[nH]1)c1cccc(Cl)c1. The zero-order valence-corrected chi connectivity index (χ0v) is 15.1. The largest absolute Gasteiger partial charge is 0.346 e. The van der Waals surface area contributed by atoms with Crippen LogP contribution in [0.4, 0.5) is 0 Å². The minimum absolute atomic E-state index is 0.110. The highest BCUT2D eigenvalue weighted by molar-refractivity contribution is 7.98. The third-order valence-corrected chi connectivity index (χ3v) is 4.88. The van der Waals surface area contributed by atoms with Crippen molar-refractivity contribution in [1.82, 2.24) is 20.5 Å². The van der Waals surface area contributed by atoms with Crippen molar-refractivity contribution in [2.24, 2.45) is 0 Å². The van der Waals surface area contributed by atoms with Gasteiger partial charge in [-0.15, -0.1) is 0 Å². The van der Waals surface area contributed by atoms with Gasteiger partial charge in [-0.25, -0.2) is 4.98 Å². The van der Waals surface area contributed by atoms with Gasteiger partial charge in [0.1, 0.15) is 6.33 Å². The summed E-state index contributed by atoms with van der Waals surface area (Å²) < 4.78 is 0. The van der Waals surface area contributed by atoms with Crippen LogP contribution in [-0.2, 0) is 5.75 Å². The molecule has 0 radical (unpaired) electrons. The van der Waals surface area contributed by atoms with Crippen molar-refractivity contribution < 1.29 is 4.79 Å². The van der Waals surface area contributed by atoms with E-state index in [1.54, 1.807) is 0 Å². The number of carbonyl (C=O) groups is 1. The van der Waals surface area contributed by atoms with E-state index in [0.717, 1.165) is 16.3 Å². The lowest BCUT2D eigenvalue weighted by molar-refractivity contribution is 0.0939. The fraction of sp³-hybridized carbons (Fsp3) is 0.167. The molecule has 0 saturated carbocycles. The van der Waals surface area contributed by atoms with Crippen LogP contribution in [0.25, 0.3) is 0 Å². The molecular weight excluding hydrogens is 356 g/mol. The first-order valence-corrected chi connectivity index (χ1v) is 9.12. The van der Waals surface area contributed by atoms with Crippen molar-refractivity contribution in [3.05, 3.63) is 76.6 Å². The monoisotopic (exact) mass is 372 g/mol. The van der Waals surface area contributed by atoms with Crippen LogP contribution in [0.2, 0.25) is 5.02 Å². The maximum absolute atomic E-state index is 12.7. The Balaban J connectivity index is 1.71. The number of hydrogen-bond donors (Lipinski definition) is 2. The Kier molecular flexibility index (Phi) is 5.73. The number of nitrogens with one attached hydrogen (secondary N) is 2. The summed E-state index contributed by atoms with van der Waals surface area (Å²) in [7, 11) is 0. The van der Waals surface area contributed by atoms with Crippen molar-refractivity contribution in [3.8, 4) is 0 Å². The van der Waals surface area contributed by atoms with Crippen LogP contribution < -0.4 is 5.32 Å². The molecule has 0 spiro atoms. The Bertz CT molecular complexity index is 854. The maximum atomic E-state index is 12.7. The lowest BCUT2D eigenvalue weighted by Gasteiger charge is -2.16. The second-order valence-corrected chi connectivity index (χ2v) is 6.89. The number of aromatic amines is 1. The first-order chi connectivity index (χ1) is 12.1. The second-order valence-electron chi connectivity index (χ2n) is 5.49. The molecule has 0 aliphatic carbocycles. The Morgan fingerprint density at radius 3 is 2.88 bits per heavy atom. The van der Waals surface area contributed by atoms with Crippen molar-refractivity contribution in [3.63, 3.8) is 0 Å². The highest BCUT2D eigenvalue weighted by Gasteiger charge is 2.15. The molecule has 2 aromatic carbocycles. The number of H-pyrrole nitrogens is 1. The van der Waals surface area contributed by atoms with E-state index < -0.39 is 0 Å². The van der Waals surface area contributed by atoms with Crippen molar-refractivity contribution in [2.75, 3.05) is 0 Å². The predicted molar refractivity (Wildman–Crippen MR) is 99.7 cm³/mol. The third kappa shape index (κ3) is 4.61. The number of benzene rings is 2. The molecule has 0 fully saturated rings. The van der Waals surface area contributed by atoms with E-state index in [2.05, 4.69) is 20.5 Å². The zero-order chi connectivity index (χ0) is 17.6. The molecule has 2 N–H and O–H groups in total. The molecule has 1 amide bonds. The lowest BCUT2D eigenvalue weighted by atomic mass is 10.1. The van der Waals surface area contributed by atoms with E-state index in [9.17, 15) is 4.79 Å². The van der Waals surface area contributed by atoms with E-state index >= 15 is 0 Å². The van der Waals surface area contributed by atoms with Gasteiger partial charge < -0.3 is 5.32 Å². The number of nitrogens with zero attached hydrogens (tertiary/aromatic N) is 2. The predicted octanol–water partition coefficient (Wildman–Crippen LogP) is 4.24. The molecule has 5 nitrogen and oxygen atoms in total.